The third-order valence-corrected chi connectivity index (χ3v) is 6.04. The first kappa shape index (κ1) is 20.7. The molecule has 0 aromatic heterocycles. The molecule has 2 aliphatic rings. The molecule has 33 heavy (non-hydrogen) atoms. The monoisotopic (exact) mass is 440 g/mol. The second-order valence-corrected chi connectivity index (χ2v) is 8.04. The zero-order chi connectivity index (χ0) is 23.2. The summed E-state index contributed by atoms with van der Waals surface area (Å²) in [6, 6.07) is 23.7. The average molecular weight is 440 g/mol. The SMILES string of the molecule is COC(=O)C12[NH2+]c3ccccc3NC(c3ccccc3)=C1C(=O)C(=O)N2c1ccc(C)cc1. The van der Waals surface area contributed by atoms with Crippen LogP contribution < -0.4 is 15.5 Å². The Hall–Kier alpha value is -4.23. The largest absolute Gasteiger partial charge is 0.463 e. The first-order chi connectivity index (χ1) is 16.0. The molecule has 5 rings (SSSR count). The number of aryl methyl sites for hydroxylation is 1. The van der Waals surface area contributed by atoms with Crippen LogP contribution in [0.1, 0.15) is 11.1 Å². The van der Waals surface area contributed by atoms with Crippen LogP contribution in [-0.2, 0) is 19.1 Å². The molecule has 1 saturated heterocycles. The molecule has 0 aliphatic carbocycles. The number of Topliss-reactive ketones (excluding diaryl/α,β-unsaturated/α-hetero) is 1. The molecule has 0 spiro atoms. The number of ketones is 1. The second kappa shape index (κ2) is 7.72. The number of hydrogen-bond acceptors (Lipinski definition) is 5. The third-order valence-electron chi connectivity index (χ3n) is 6.04. The molecule has 164 valence electrons. The fourth-order valence-corrected chi connectivity index (χ4v) is 4.50. The number of para-hydroxylation sites is 2. The summed E-state index contributed by atoms with van der Waals surface area (Å²) in [4.78, 5) is 41.9. The molecule has 0 radical (unpaired) electrons. The van der Waals surface area contributed by atoms with Gasteiger partial charge in [0.15, 0.2) is 5.69 Å². The van der Waals surface area contributed by atoms with Crippen LogP contribution >= 0.6 is 0 Å². The summed E-state index contributed by atoms with van der Waals surface area (Å²) in [5, 5.41) is 4.97. The molecule has 2 aliphatic heterocycles. The van der Waals surface area contributed by atoms with E-state index in [-0.39, 0.29) is 5.57 Å². The molecule has 3 aromatic carbocycles. The Labute approximate surface area is 190 Å². The predicted molar refractivity (Wildman–Crippen MR) is 123 cm³/mol. The predicted octanol–water partition coefficient (Wildman–Crippen LogP) is 2.51. The summed E-state index contributed by atoms with van der Waals surface area (Å²) in [5.74, 6) is -2.26. The Morgan fingerprint density at radius 1 is 0.939 bits per heavy atom. The van der Waals surface area contributed by atoms with E-state index in [0.717, 1.165) is 5.56 Å². The first-order valence-corrected chi connectivity index (χ1v) is 10.5. The van der Waals surface area contributed by atoms with Crippen LogP contribution in [0.25, 0.3) is 5.70 Å². The van der Waals surface area contributed by atoms with Gasteiger partial charge in [0, 0.05) is 6.07 Å². The van der Waals surface area contributed by atoms with Crippen LogP contribution in [-0.4, -0.2) is 30.4 Å². The van der Waals surface area contributed by atoms with E-state index in [2.05, 4.69) is 5.32 Å². The van der Waals surface area contributed by atoms with Crippen molar-refractivity contribution in [2.24, 2.45) is 0 Å². The number of benzene rings is 3. The highest BCUT2D eigenvalue weighted by Gasteiger charge is 2.67. The molecule has 3 aromatic rings. The van der Waals surface area contributed by atoms with Crippen LogP contribution in [0.15, 0.2) is 84.4 Å². The van der Waals surface area contributed by atoms with Gasteiger partial charge in [-0.25, -0.2) is 9.69 Å². The standard InChI is InChI=1S/C26H21N3O4/c1-16-12-14-18(15-13-16)29-24(31)23(30)21-22(17-8-4-3-5-9-17)27-19-10-6-7-11-20(19)28-26(21,29)25(32)33-2/h3-15,27-28H,1-2H3/p+1. The number of anilines is 2. The quantitative estimate of drug-likeness (QED) is 0.371. The maximum absolute atomic E-state index is 13.6. The lowest BCUT2D eigenvalue weighted by Gasteiger charge is -2.32. The number of nitrogens with zero attached hydrogens (tertiary/aromatic N) is 1. The first-order valence-electron chi connectivity index (χ1n) is 10.5. The normalized spacial score (nSPS) is 19.5. The number of methoxy groups -OCH3 is 1. The van der Waals surface area contributed by atoms with Crippen LogP contribution in [0.5, 0.6) is 0 Å². The van der Waals surface area contributed by atoms with Crippen molar-refractivity contribution in [2.45, 2.75) is 12.6 Å². The van der Waals surface area contributed by atoms with E-state index in [0.29, 0.717) is 28.3 Å². The van der Waals surface area contributed by atoms with Crippen LogP contribution in [0.3, 0.4) is 0 Å². The van der Waals surface area contributed by atoms with Gasteiger partial charge in [-0.05, 0) is 30.7 Å². The molecule has 2 heterocycles. The summed E-state index contributed by atoms with van der Waals surface area (Å²) in [6.07, 6.45) is 0. The van der Waals surface area contributed by atoms with Gasteiger partial charge < -0.3 is 10.1 Å². The van der Waals surface area contributed by atoms with Crippen LogP contribution in [0.2, 0.25) is 0 Å². The zero-order valence-corrected chi connectivity index (χ0v) is 18.2. The Morgan fingerprint density at radius 3 is 2.30 bits per heavy atom. The highest BCUT2D eigenvalue weighted by Crippen LogP contribution is 2.41. The number of esters is 1. The van der Waals surface area contributed by atoms with E-state index in [9.17, 15) is 14.4 Å². The molecular weight excluding hydrogens is 418 g/mol. The fraction of sp³-hybridized carbons (Fsp3) is 0.115. The Kier molecular flexibility index (Phi) is 4.83. The molecule has 1 fully saturated rings. The number of rotatable bonds is 3. The van der Waals surface area contributed by atoms with Crippen LogP contribution in [0.4, 0.5) is 17.1 Å². The Morgan fingerprint density at radius 2 is 1.61 bits per heavy atom. The van der Waals surface area contributed by atoms with Gasteiger partial charge in [-0.3, -0.25) is 14.9 Å². The summed E-state index contributed by atoms with van der Waals surface area (Å²) < 4.78 is 5.24. The van der Waals surface area contributed by atoms with E-state index in [1.54, 1.807) is 17.4 Å². The van der Waals surface area contributed by atoms with E-state index in [4.69, 9.17) is 4.74 Å². The van der Waals surface area contributed by atoms with Gasteiger partial charge in [0.05, 0.1) is 18.5 Å². The van der Waals surface area contributed by atoms with Crippen molar-refractivity contribution in [3.63, 3.8) is 0 Å². The molecule has 0 bridgehead atoms. The second-order valence-electron chi connectivity index (χ2n) is 8.04. The van der Waals surface area contributed by atoms with Gasteiger partial charge in [0.25, 0.3) is 5.78 Å². The lowest BCUT2D eigenvalue weighted by atomic mass is 9.93. The topological polar surface area (TPSA) is 92.3 Å². The minimum absolute atomic E-state index is 0.0438. The van der Waals surface area contributed by atoms with Crippen molar-refractivity contribution >= 4 is 40.4 Å². The van der Waals surface area contributed by atoms with Gasteiger partial charge in [-0.2, -0.15) is 0 Å². The molecule has 1 unspecified atom stereocenters. The van der Waals surface area contributed by atoms with Crippen molar-refractivity contribution < 1.29 is 24.4 Å². The third kappa shape index (κ3) is 3.05. The minimum atomic E-state index is -1.77. The van der Waals surface area contributed by atoms with Crippen LogP contribution in [0, 0.1) is 6.92 Å². The maximum Gasteiger partial charge on any atom is 0.396 e. The van der Waals surface area contributed by atoms with Crippen molar-refractivity contribution in [3.05, 3.63) is 95.6 Å². The van der Waals surface area contributed by atoms with Gasteiger partial charge in [0.2, 0.25) is 0 Å². The number of amides is 1. The van der Waals surface area contributed by atoms with Crippen molar-refractivity contribution in [3.8, 4) is 0 Å². The summed E-state index contributed by atoms with van der Waals surface area (Å²) >= 11 is 0. The zero-order valence-electron chi connectivity index (χ0n) is 18.2. The lowest BCUT2D eigenvalue weighted by molar-refractivity contribution is -0.625. The van der Waals surface area contributed by atoms with E-state index < -0.39 is 23.3 Å². The highest BCUT2D eigenvalue weighted by molar-refractivity contribution is 6.54. The average Bonchev–Trinajstić information content (AvgIpc) is 2.96. The Bertz CT molecular complexity index is 1310. The molecule has 1 atom stereocenters. The minimum Gasteiger partial charge on any atom is -0.463 e. The van der Waals surface area contributed by atoms with E-state index >= 15 is 0 Å². The number of quaternary nitrogens is 1. The molecular formula is C26H22N3O4+. The van der Waals surface area contributed by atoms with Crippen molar-refractivity contribution in [1.29, 1.82) is 0 Å². The van der Waals surface area contributed by atoms with Gasteiger partial charge >= 0.3 is 17.5 Å². The summed E-state index contributed by atoms with van der Waals surface area (Å²) in [5.41, 5.74) is 2.15. The van der Waals surface area contributed by atoms with Gasteiger partial charge in [-0.15, -0.1) is 0 Å². The van der Waals surface area contributed by atoms with Gasteiger partial charge in [-0.1, -0.05) is 60.2 Å². The number of ether oxygens (including phenoxy) is 1. The number of carbonyl (C=O) groups is 3. The number of hydrogen-bond donors (Lipinski definition) is 2. The van der Waals surface area contributed by atoms with E-state index in [1.165, 1.54) is 12.0 Å². The molecule has 0 saturated carbocycles. The number of carbonyl (C=O) groups excluding carboxylic acids is 3. The lowest BCUT2D eigenvalue weighted by Crippen LogP contribution is -2.99. The van der Waals surface area contributed by atoms with Gasteiger partial charge in [0.1, 0.15) is 11.3 Å². The van der Waals surface area contributed by atoms with Crippen molar-refractivity contribution in [1.82, 2.24) is 0 Å². The highest BCUT2D eigenvalue weighted by atomic mass is 16.5. The Balaban J connectivity index is 1.88. The number of nitrogens with one attached hydrogen (secondary N) is 1. The van der Waals surface area contributed by atoms with E-state index in [1.807, 2.05) is 73.7 Å². The molecule has 1 amide bonds. The molecule has 7 heteroatoms. The molecule has 3 N–H and O–H groups in total. The molecule has 7 nitrogen and oxygen atoms in total. The smallest absolute Gasteiger partial charge is 0.396 e. The number of fused-ring (bicyclic) bond motifs is 2. The van der Waals surface area contributed by atoms with Crippen molar-refractivity contribution in [2.75, 3.05) is 17.3 Å². The summed E-state index contributed by atoms with van der Waals surface area (Å²) in [7, 11) is 1.26. The summed E-state index contributed by atoms with van der Waals surface area (Å²) in [6.45, 7) is 1.92. The maximum atomic E-state index is 13.6. The fourth-order valence-electron chi connectivity index (χ4n) is 4.50. The number of nitrogens with two attached hydrogens (primary N) is 1.